The number of rotatable bonds is 3. The Hall–Kier alpha value is -2.04. The summed E-state index contributed by atoms with van der Waals surface area (Å²) >= 11 is 0. The molecule has 1 aliphatic carbocycles. The second kappa shape index (κ2) is 5.39. The Bertz CT molecular complexity index is 555. The Morgan fingerprint density at radius 2 is 1.90 bits per heavy atom. The fraction of sp³-hybridized carbons (Fsp3) is 0.500. The molecule has 5 nitrogen and oxygen atoms in total. The van der Waals surface area contributed by atoms with Crippen LogP contribution in [0, 0.1) is 0 Å². The Morgan fingerprint density at radius 3 is 2.57 bits per heavy atom. The maximum absolute atomic E-state index is 12.4. The van der Waals surface area contributed by atoms with E-state index in [2.05, 4.69) is 0 Å². The van der Waals surface area contributed by atoms with Gasteiger partial charge in [0.15, 0.2) is 0 Å². The van der Waals surface area contributed by atoms with E-state index in [-0.39, 0.29) is 23.9 Å². The molecule has 0 spiro atoms. The van der Waals surface area contributed by atoms with Crippen molar-refractivity contribution in [3.63, 3.8) is 0 Å². The Kier molecular flexibility index (Phi) is 3.57. The monoisotopic (exact) mass is 288 g/mol. The van der Waals surface area contributed by atoms with Crippen LogP contribution in [0.3, 0.4) is 0 Å². The standard InChI is InChI=1S/C16H20N2O3/c1-17-15-9-12(19)5-8-14(15)18(16(17)20)10-11-3-6-13(21-2)7-4-11/h3-4,6-7,14-15H,5,8-10H2,1-2H3/t14-,15-/m0/s1. The number of benzene rings is 1. The van der Waals surface area contributed by atoms with Crippen LogP contribution in [0.1, 0.15) is 24.8 Å². The molecular weight excluding hydrogens is 268 g/mol. The average molecular weight is 288 g/mol. The minimum Gasteiger partial charge on any atom is -0.497 e. The van der Waals surface area contributed by atoms with Crippen molar-refractivity contribution in [3.05, 3.63) is 29.8 Å². The fourth-order valence-electron chi connectivity index (χ4n) is 3.33. The zero-order valence-electron chi connectivity index (χ0n) is 12.4. The number of fused-ring (bicyclic) bond motifs is 1. The van der Waals surface area contributed by atoms with Crippen LogP contribution in [-0.4, -0.2) is 47.9 Å². The summed E-state index contributed by atoms with van der Waals surface area (Å²) in [6.07, 6.45) is 1.85. The van der Waals surface area contributed by atoms with Gasteiger partial charge in [0, 0.05) is 26.4 Å². The van der Waals surface area contributed by atoms with Crippen LogP contribution in [0.2, 0.25) is 0 Å². The fourth-order valence-corrected chi connectivity index (χ4v) is 3.33. The molecule has 1 aromatic rings. The number of hydrogen-bond donors (Lipinski definition) is 0. The number of methoxy groups -OCH3 is 1. The topological polar surface area (TPSA) is 49.9 Å². The molecule has 1 saturated carbocycles. The van der Waals surface area contributed by atoms with Gasteiger partial charge in [0.25, 0.3) is 0 Å². The number of carbonyl (C=O) groups is 2. The summed E-state index contributed by atoms with van der Waals surface area (Å²) in [7, 11) is 3.43. The van der Waals surface area contributed by atoms with E-state index in [9.17, 15) is 9.59 Å². The van der Waals surface area contributed by atoms with Crippen LogP contribution >= 0.6 is 0 Å². The van der Waals surface area contributed by atoms with E-state index >= 15 is 0 Å². The highest BCUT2D eigenvalue weighted by Crippen LogP contribution is 2.32. The normalized spacial score (nSPS) is 25.2. The van der Waals surface area contributed by atoms with Crippen LogP contribution < -0.4 is 4.74 Å². The summed E-state index contributed by atoms with van der Waals surface area (Å²) in [6.45, 7) is 0.586. The molecular formula is C16H20N2O3. The largest absolute Gasteiger partial charge is 0.497 e. The van der Waals surface area contributed by atoms with Crippen molar-refractivity contribution < 1.29 is 14.3 Å². The highest BCUT2D eigenvalue weighted by Gasteiger charge is 2.46. The van der Waals surface area contributed by atoms with Crippen molar-refractivity contribution in [3.8, 4) is 5.75 Å². The van der Waals surface area contributed by atoms with Gasteiger partial charge in [-0.2, -0.15) is 0 Å². The van der Waals surface area contributed by atoms with Crippen molar-refractivity contribution in [1.82, 2.24) is 9.80 Å². The zero-order valence-corrected chi connectivity index (χ0v) is 12.4. The minimum absolute atomic E-state index is 0.0236. The second-order valence-electron chi connectivity index (χ2n) is 5.79. The van der Waals surface area contributed by atoms with Gasteiger partial charge < -0.3 is 14.5 Å². The predicted molar refractivity (Wildman–Crippen MR) is 78.1 cm³/mol. The summed E-state index contributed by atoms with van der Waals surface area (Å²) in [5.74, 6) is 1.08. The summed E-state index contributed by atoms with van der Waals surface area (Å²) in [5, 5.41) is 0. The van der Waals surface area contributed by atoms with Gasteiger partial charge in [-0.3, -0.25) is 4.79 Å². The van der Waals surface area contributed by atoms with E-state index in [1.54, 1.807) is 19.1 Å². The number of amides is 2. The lowest BCUT2D eigenvalue weighted by atomic mass is 9.89. The molecule has 21 heavy (non-hydrogen) atoms. The van der Waals surface area contributed by atoms with Gasteiger partial charge in [-0.25, -0.2) is 4.79 Å². The van der Waals surface area contributed by atoms with Gasteiger partial charge in [0.05, 0.1) is 19.2 Å². The number of nitrogens with zero attached hydrogens (tertiary/aromatic N) is 2. The molecule has 0 radical (unpaired) electrons. The van der Waals surface area contributed by atoms with Crippen molar-refractivity contribution in [2.45, 2.75) is 37.9 Å². The number of Topliss-reactive ketones (excluding diaryl/α,β-unsaturated/α-hetero) is 1. The highest BCUT2D eigenvalue weighted by atomic mass is 16.5. The minimum atomic E-state index is 0.0236. The lowest BCUT2D eigenvalue weighted by molar-refractivity contribution is -0.121. The maximum Gasteiger partial charge on any atom is 0.320 e. The Labute approximate surface area is 124 Å². The SMILES string of the molecule is COc1ccc(CN2C(=O)N(C)[C@H]3CC(=O)CC[C@@H]32)cc1. The van der Waals surface area contributed by atoms with Crippen molar-refractivity contribution in [1.29, 1.82) is 0 Å². The molecule has 2 aliphatic rings. The van der Waals surface area contributed by atoms with E-state index in [0.717, 1.165) is 17.7 Å². The van der Waals surface area contributed by atoms with E-state index in [4.69, 9.17) is 4.74 Å². The summed E-state index contributed by atoms with van der Waals surface area (Å²) < 4.78 is 5.15. The van der Waals surface area contributed by atoms with Gasteiger partial charge >= 0.3 is 6.03 Å². The molecule has 1 aromatic carbocycles. The third kappa shape index (κ3) is 2.48. The number of ketones is 1. The molecule has 0 aromatic heterocycles. The lowest BCUT2D eigenvalue weighted by Crippen LogP contribution is -2.41. The first kappa shape index (κ1) is 13.9. The number of hydrogen-bond acceptors (Lipinski definition) is 3. The Balaban J connectivity index is 1.77. The molecule has 2 atom stereocenters. The predicted octanol–water partition coefficient (Wildman–Crippen LogP) is 2.05. The third-order valence-corrected chi connectivity index (χ3v) is 4.56. The van der Waals surface area contributed by atoms with Crippen LogP contribution in [0.5, 0.6) is 5.75 Å². The van der Waals surface area contributed by atoms with Crippen LogP contribution in [-0.2, 0) is 11.3 Å². The number of ether oxygens (including phenoxy) is 1. The lowest BCUT2D eigenvalue weighted by Gasteiger charge is -2.30. The van der Waals surface area contributed by atoms with Gasteiger partial charge in [0.2, 0.25) is 0 Å². The third-order valence-electron chi connectivity index (χ3n) is 4.56. The molecule has 0 N–H and O–H groups in total. The molecule has 3 rings (SSSR count). The van der Waals surface area contributed by atoms with E-state index < -0.39 is 0 Å². The number of likely N-dealkylation sites (N-methyl/N-ethyl adjacent to an activating group) is 1. The van der Waals surface area contributed by atoms with Gasteiger partial charge in [-0.15, -0.1) is 0 Å². The molecule has 5 heteroatoms. The van der Waals surface area contributed by atoms with E-state index in [1.807, 2.05) is 29.2 Å². The van der Waals surface area contributed by atoms with Gasteiger partial charge in [-0.1, -0.05) is 12.1 Å². The van der Waals surface area contributed by atoms with Crippen LogP contribution in [0.4, 0.5) is 4.79 Å². The average Bonchev–Trinajstić information content (AvgIpc) is 2.73. The molecule has 0 unspecified atom stereocenters. The number of carbonyl (C=O) groups excluding carboxylic acids is 2. The first-order chi connectivity index (χ1) is 10.1. The maximum atomic E-state index is 12.4. The van der Waals surface area contributed by atoms with Gasteiger partial charge in [-0.05, 0) is 24.1 Å². The molecule has 2 fully saturated rings. The van der Waals surface area contributed by atoms with Crippen LogP contribution in [0.25, 0.3) is 0 Å². The quantitative estimate of drug-likeness (QED) is 0.855. The van der Waals surface area contributed by atoms with Crippen molar-refractivity contribution in [2.75, 3.05) is 14.2 Å². The molecule has 112 valence electrons. The van der Waals surface area contributed by atoms with E-state index in [0.29, 0.717) is 19.4 Å². The molecule has 1 heterocycles. The molecule has 2 amide bonds. The van der Waals surface area contributed by atoms with Crippen molar-refractivity contribution in [2.24, 2.45) is 0 Å². The first-order valence-corrected chi connectivity index (χ1v) is 7.28. The second-order valence-corrected chi connectivity index (χ2v) is 5.79. The molecule has 0 bridgehead atoms. The molecule has 1 saturated heterocycles. The van der Waals surface area contributed by atoms with Gasteiger partial charge in [0.1, 0.15) is 11.5 Å². The van der Waals surface area contributed by atoms with Crippen LogP contribution in [0.15, 0.2) is 24.3 Å². The zero-order chi connectivity index (χ0) is 15.0. The van der Waals surface area contributed by atoms with Crippen molar-refractivity contribution >= 4 is 11.8 Å². The van der Waals surface area contributed by atoms with E-state index in [1.165, 1.54) is 0 Å². The smallest absolute Gasteiger partial charge is 0.320 e. The summed E-state index contributed by atoms with van der Waals surface area (Å²) in [6, 6.07) is 7.99. The number of urea groups is 1. The first-order valence-electron chi connectivity index (χ1n) is 7.28. The highest BCUT2D eigenvalue weighted by molar-refractivity contribution is 5.84. The summed E-state index contributed by atoms with van der Waals surface area (Å²) in [4.78, 5) is 27.7. The summed E-state index contributed by atoms with van der Waals surface area (Å²) in [5.41, 5.74) is 1.08. The Morgan fingerprint density at radius 1 is 1.19 bits per heavy atom. The molecule has 1 aliphatic heterocycles.